The maximum absolute atomic E-state index is 11.3. The molecule has 6 heteroatoms. The van der Waals surface area contributed by atoms with Crippen LogP contribution in [0.5, 0.6) is 11.8 Å². The SMILES string of the molecule is O=c1ccn2c(n1)OC(C(Cl)Oc1ccc(-c3ccccc3)cc1)C2. The average molecular weight is 355 g/mol. The van der Waals surface area contributed by atoms with Crippen molar-refractivity contribution in [2.75, 3.05) is 0 Å². The van der Waals surface area contributed by atoms with Gasteiger partial charge in [0.15, 0.2) is 6.10 Å². The van der Waals surface area contributed by atoms with Gasteiger partial charge in [-0.15, -0.1) is 0 Å². The van der Waals surface area contributed by atoms with Gasteiger partial charge in [-0.2, -0.15) is 4.98 Å². The van der Waals surface area contributed by atoms with E-state index in [0.29, 0.717) is 12.3 Å². The fourth-order valence-corrected chi connectivity index (χ4v) is 2.95. The first-order chi connectivity index (χ1) is 12.2. The molecular weight excluding hydrogens is 340 g/mol. The topological polar surface area (TPSA) is 53.4 Å². The molecule has 3 aromatic rings. The molecule has 0 saturated carbocycles. The predicted octanol–water partition coefficient (Wildman–Crippen LogP) is 3.32. The molecule has 1 aliphatic rings. The highest BCUT2D eigenvalue weighted by atomic mass is 35.5. The van der Waals surface area contributed by atoms with Crippen LogP contribution in [0.25, 0.3) is 11.1 Å². The minimum Gasteiger partial charge on any atom is -0.471 e. The number of benzene rings is 2. The Morgan fingerprint density at radius 1 is 1.08 bits per heavy atom. The first-order valence-corrected chi connectivity index (χ1v) is 8.33. The number of alkyl halides is 1. The van der Waals surface area contributed by atoms with Crippen LogP contribution in [0.3, 0.4) is 0 Å². The molecule has 2 heterocycles. The zero-order valence-corrected chi connectivity index (χ0v) is 14.0. The van der Waals surface area contributed by atoms with E-state index in [1.54, 1.807) is 10.8 Å². The first-order valence-electron chi connectivity index (χ1n) is 7.89. The van der Waals surface area contributed by atoms with Crippen LogP contribution >= 0.6 is 11.6 Å². The minimum absolute atomic E-state index is 0.270. The Kier molecular flexibility index (Phi) is 4.15. The Hall–Kier alpha value is -2.79. The van der Waals surface area contributed by atoms with Crippen LogP contribution in [0.2, 0.25) is 0 Å². The number of aromatic nitrogens is 2. The molecule has 2 unspecified atom stereocenters. The van der Waals surface area contributed by atoms with Gasteiger partial charge in [-0.05, 0) is 23.3 Å². The van der Waals surface area contributed by atoms with Crippen LogP contribution < -0.4 is 15.0 Å². The maximum atomic E-state index is 11.3. The molecule has 2 atom stereocenters. The summed E-state index contributed by atoms with van der Waals surface area (Å²) in [4.78, 5) is 15.1. The molecule has 2 aromatic carbocycles. The summed E-state index contributed by atoms with van der Waals surface area (Å²) in [5.74, 6) is 0.654. The second-order valence-electron chi connectivity index (χ2n) is 5.72. The van der Waals surface area contributed by atoms with Crippen molar-refractivity contribution in [3.05, 3.63) is 77.2 Å². The third kappa shape index (κ3) is 3.37. The number of hydrogen-bond acceptors (Lipinski definition) is 4. The molecule has 0 amide bonds. The summed E-state index contributed by atoms with van der Waals surface area (Å²) in [7, 11) is 0. The van der Waals surface area contributed by atoms with Crippen molar-refractivity contribution in [2.45, 2.75) is 18.2 Å². The smallest absolute Gasteiger partial charge is 0.300 e. The fraction of sp³-hybridized carbons (Fsp3) is 0.158. The van der Waals surface area contributed by atoms with Gasteiger partial charge in [-0.1, -0.05) is 54.1 Å². The van der Waals surface area contributed by atoms with Gasteiger partial charge in [-0.25, -0.2) is 0 Å². The Balaban J connectivity index is 1.43. The van der Waals surface area contributed by atoms with E-state index in [-0.39, 0.29) is 11.6 Å². The molecule has 4 rings (SSSR count). The van der Waals surface area contributed by atoms with Crippen molar-refractivity contribution in [1.29, 1.82) is 0 Å². The molecule has 0 N–H and O–H groups in total. The van der Waals surface area contributed by atoms with Crippen molar-refractivity contribution in [3.63, 3.8) is 0 Å². The Morgan fingerprint density at radius 3 is 2.56 bits per heavy atom. The van der Waals surface area contributed by atoms with E-state index in [4.69, 9.17) is 21.1 Å². The highest BCUT2D eigenvalue weighted by molar-refractivity contribution is 6.20. The van der Waals surface area contributed by atoms with Gasteiger partial charge in [0.1, 0.15) is 5.75 Å². The van der Waals surface area contributed by atoms with Crippen molar-refractivity contribution < 1.29 is 9.47 Å². The van der Waals surface area contributed by atoms with Crippen molar-refractivity contribution in [1.82, 2.24) is 9.55 Å². The van der Waals surface area contributed by atoms with Gasteiger partial charge in [0.25, 0.3) is 11.6 Å². The predicted molar refractivity (Wildman–Crippen MR) is 95.1 cm³/mol. The highest BCUT2D eigenvalue weighted by Crippen LogP contribution is 2.26. The zero-order chi connectivity index (χ0) is 17.2. The summed E-state index contributed by atoms with van der Waals surface area (Å²) < 4.78 is 13.1. The summed E-state index contributed by atoms with van der Waals surface area (Å²) in [6, 6.07) is 19.5. The minimum atomic E-state index is -0.695. The van der Waals surface area contributed by atoms with Crippen LogP contribution in [0.4, 0.5) is 0 Å². The molecule has 0 radical (unpaired) electrons. The van der Waals surface area contributed by atoms with E-state index in [0.717, 1.165) is 11.1 Å². The van der Waals surface area contributed by atoms with E-state index in [9.17, 15) is 4.79 Å². The maximum Gasteiger partial charge on any atom is 0.300 e. The van der Waals surface area contributed by atoms with E-state index >= 15 is 0 Å². The lowest BCUT2D eigenvalue weighted by atomic mass is 10.1. The van der Waals surface area contributed by atoms with Gasteiger partial charge in [-0.3, -0.25) is 9.36 Å². The Bertz CT molecular complexity index is 925. The lowest BCUT2D eigenvalue weighted by molar-refractivity contribution is 0.117. The van der Waals surface area contributed by atoms with E-state index in [2.05, 4.69) is 17.1 Å². The van der Waals surface area contributed by atoms with Gasteiger partial charge in [0, 0.05) is 12.3 Å². The van der Waals surface area contributed by atoms with Crippen LogP contribution in [-0.2, 0) is 6.54 Å². The lowest BCUT2D eigenvalue weighted by Gasteiger charge is -2.18. The summed E-state index contributed by atoms with van der Waals surface area (Å²) in [5.41, 5.74) is 1.21. The summed E-state index contributed by atoms with van der Waals surface area (Å²) in [6.45, 7) is 0.485. The lowest BCUT2D eigenvalue weighted by Crippen LogP contribution is -2.31. The first kappa shape index (κ1) is 15.7. The number of nitrogens with zero attached hydrogens (tertiary/aromatic N) is 2. The summed E-state index contributed by atoms with van der Waals surface area (Å²) in [6.07, 6.45) is 1.23. The standard InChI is InChI=1S/C19H15ClN2O3/c20-18(16-12-22-11-10-17(23)21-19(22)25-16)24-15-8-6-14(7-9-15)13-4-2-1-3-5-13/h1-11,16,18H,12H2. The third-order valence-corrected chi connectivity index (χ3v) is 4.35. The molecule has 0 spiro atoms. The fourth-order valence-electron chi connectivity index (χ4n) is 2.71. The van der Waals surface area contributed by atoms with Crippen LogP contribution in [0.15, 0.2) is 71.7 Å². The van der Waals surface area contributed by atoms with Gasteiger partial charge in [0.05, 0.1) is 6.54 Å². The van der Waals surface area contributed by atoms with Crippen molar-refractivity contribution >= 4 is 11.6 Å². The third-order valence-electron chi connectivity index (χ3n) is 3.98. The molecule has 1 aromatic heterocycles. The number of hydrogen-bond donors (Lipinski definition) is 0. The quantitative estimate of drug-likeness (QED) is 0.674. The molecule has 126 valence electrons. The molecular formula is C19H15ClN2O3. The second-order valence-corrected chi connectivity index (χ2v) is 6.15. The number of halogens is 1. The summed E-state index contributed by atoms with van der Waals surface area (Å²) in [5, 5.41) is 0. The molecule has 0 fully saturated rings. The highest BCUT2D eigenvalue weighted by Gasteiger charge is 2.31. The average Bonchev–Trinajstić information content (AvgIpc) is 3.06. The van der Waals surface area contributed by atoms with Gasteiger partial charge in [0.2, 0.25) is 5.56 Å². The van der Waals surface area contributed by atoms with E-state index in [1.165, 1.54) is 6.07 Å². The van der Waals surface area contributed by atoms with E-state index < -0.39 is 11.7 Å². The van der Waals surface area contributed by atoms with Gasteiger partial charge < -0.3 is 9.47 Å². The number of fused-ring (bicyclic) bond motifs is 1. The second kappa shape index (κ2) is 6.61. The molecule has 1 aliphatic heterocycles. The van der Waals surface area contributed by atoms with Gasteiger partial charge >= 0.3 is 0 Å². The molecule has 0 bridgehead atoms. The molecule has 0 aliphatic carbocycles. The molecule has 5 nitrogen and oxygen atoms in total. The number of rotatable bonds is 4. The largest absolute Gasteiger partial charge is 0.471 e. The van der Waals surface area contributed by atoms with E-state index in [1.807, 2.05) is 42.5 Å². The van der Waals surface area contributed by atoms with Crippen LogP contribution in [0, 0.1) is 0 Å². The van der Waals surface area contributed by atoms with Crippen LogP contribution in [0.1, 0.15) is 0 Å². The normalized spacial score (nSPS) is 16.8. The Morgan fingerprint density at radius 2 is 1.80 bits per heavy atom. The molecule has 25 heavy (non-hydrogen) atoms. The zero-order valence-electron chi connectivity index (χ0n) is 13.2. The Labute approximate surface area is 149 Å². The number of ether oxygens (including phenoxy) is 2. The molecule has 0 saturated heterocycles. The van der Waals surface area contributed by atoms with Crippen molar-refractivity contribution in [3.8, 4) is 22.9 Å². The van der Waals surface area contributed by atoms with Crippen molar-refractivity contribution in [2.24, 2.45) is 0 Å². The monoisotopic (exact) mass is 354 g/mol. The van der Waals surface area contributed by atoms with Crippen LogP contribution in [-0.4, -0.2) is 21.2 Å². The summed E-state index contributed by atoms with van der Waals surface area (Å²) >= 11 is 6.34.